The van der Waals surface area contributed by atoms with Crippen LogP contribution in [0.1, 0.15) is 70.3 Å². The number of halogens is 3. The Balaban J connectivity index is 1.91. The van der Waals surface area contributed by atoms with E-state index in [2.05, 4.69) is 0 Å². The normalized spacial score (nSPS) is 21.8. The minimum Gasteiger partial charge on any atom is -0.491 e. The quantitative estimate of drug-likeness (QED) is 0.538. The molecule has 4 heteroatoms. The van der Waals surface area contributed by atoms with Gasteiger partial charge in [-0.05, 0) is 75.3 Å². The Morgan fingerprint density at radius 2 is 1.83 bits per heavy atom. The van der Waals surface area contributed by atoms with E-state index in [0.29, 0.717) is 24.5 Å². The van der Waals surface area contributed by atoms with Crippen LogP contribution in [0.4, 0.5) is 13.2 Å². The highest BCUT2D eigenvalue weighted by molar-refractivity contribution is 5.33. The molecule has 0 atom stereocenters. The molecule has 0 radical (unpaired) electrons. The van der Waals surface area contributed by atoms with E-state index in [1.54, 1.807) is 19.1 Å². The molecule has 0 saturated heterocycles. The number of allylic oxidation sites excluding steroid dienone is 2. The second kappa shape index (κ2) is 9.14. The van der Waals surface area contributed by atoms with E-state index in [1.807, 2.05) is 6.92 Å². The Morgan fingerprint density at radius 1 is 1.12 bits per heavy atom. The van der Waals surface area contributed by atoms with E-state index < -0.39 is 11.6 Å². The van der Waals surface area contributed by atoms with Crippen LogP contribution in [0.3, 0.4) is 0 Å². The van der Waals surface area contributed by atoms with Gasteiger partial charge in [0.15, 0.2) is 11.6 Å². The van der Waals surface area contributed by atoms with Crippen LogP contribution in [0.25, 0.3) is 0 Å². The minimum absolute atomic E-state index is 0.0165. The van der Waals surface area contributed by atoms with Crippen LogP contribution < -0.4 is 4.74 Å². The lowest BCUT2D eigenvalue weighted by molar-refractivity contribution is 0.297. The van der Waals surface area contributed by atoms with E-state index in [4.69, 9.17) is 4.74 Å². The molecule has 1 saturated carbocycles. The number of rotatable bonds is 7. The van der Waals surface area contributed by atoms with Gasteiger partial charge < -0.3 is 4.74 Å². The summed E-state index contributed by atoms with van der Waals surface area (Å²) in [6, 6.07) is 3.19. The van der Waals surface area contributed by atoms with Crippen molar-refractivity contribution >= 4 is 0 Å². The first kappa shape index (κ1) is 18.9. The number of hydrogen-bond acceptors (Lipinski definition) is 1. The summed E-state index contributed by atoms with van der Waals surface area (Å²) in [6.45, 7) is 3.86. The standard InChI is InChI=1S/C20H27F3O/c1-3-16(21)7-5-6-14-8-10-15(11-9-14)17-12-13-18(24-4-2)20(23)19(17)22/h7,12-15H,3-6,8-11H2,1-2H3/b16-7+. The predicted octanol–water partition coefficient (Wildman–Crippen LogP) is 6.68. The minimum atomic E-state index is -0.878. The van der Waals surface area contributed by atoms with Crippen LogP contribution in [0.2, 0.25) is 0 Å². The third kappa shape index (κ3) is 4.78. The van der Waals surface area contributed by atoms with Gasteiger partial charge in [0.25, 0.3) is 0 Å². The summed E-state index contributed by atoms with van der Waals surface area (Å²) in [6.07, 6.45) is 7.55. The molecule has 0 aliphatic heterocycles. The predicted molar refractivity (Wildman–Crippen MR) is 90.9 cm³/mol. The van der Waals surface area contributed by atoms with Gasteiger partial charge in [0, 0.05) is 0 Å². The average molecular weight is 340 g/mol. The number of hydrogen-bond donors (Lipinski definition) is 0. The van der Waals surface area contributed by atoms with Crippen molar-refractivity contribution in [1.29, 1.82) is 0 Å². The number of benzene rings is 1. The molecule has 1 aromatic rings. The Bertz CT molecular complexity index is 560. The van der Waals surface area contributed by atoms with Crippen LogP contribution in [-0.2, 0) is 0 Å². The van der Waals surface area contributed by atoms with Crippen molar-refractivity contribution < 1.29 is 17.9 Å². The Labute approximate surface area is 142 Å². The van der Waals surface area contributed by atoms with Crippen LogP contribution >= 0.6 is 0 Å². The van der Waals surface area contributed by atoms with Gasteiger partial charge in [0.05, 0.1) is 12.4 Å². The molecule has 1 fully saturated rings. The van der Waals surface area contributed by atoms with Crippen LogP contribution in [0.15, 0.2) is 24.0 Å². The zero-order valence-electron chi connectivity index (χ0n) is 14.6. The molecular formula is C20H27F3O. The monoisotopic (exact) mass is 340 g/mol. The lowest BCUT2D eigenvalue weighted by Crippen LogP contribution is -2.15. The summed E-state index contributed by atoms with van der Waals surface area (Å²) in [5.74, 6) is -1.09. The van der Waals surface area contributed by atoms with E-state index in [9.17, 15) is 13.2 Å². The highest BCUT2D eigenvalue weighted by atomic mass is 19.2. The Kier molecular flexibility index (Phi) is 7.19. The maximum Gasteiger partial charge on any atom is 0.200 e. The van der Waals surface area contributed by atoms with Gasteiger partial charge in [-0.2, -0.15) is 4.39 Å². The first-order chi connectivity index (χ1) is 11.6. The van der Waals surface area contributed by atoms with Gasteiger partial charge in [-0.15, -0.1) is 0 Å². The molecule has 0 spiro atoms. The molecule has 0 unspecified atom stereocenters. The van der Waals surface area contributed by atoms with Gasteiger partial charge in [0.1, 0.15) is 0 Å². The molecule has 0 amide bonds. The fourth-order valence-electron chi connectivity index (χ4n) is 3.51. The lowest BCUT2D eigenvalue weighted by atomic mass is 9.77. The van der Waals surface area contributed by atoms with Crippen molar-refractivity contribution in [3.8, 4) is 5.75 Å². The summed E-state index contributed by atoms with van der Waals surface area (Å²) in [5.41, 5.74) is 0.464. The van der Waals surface area contributed by atoms with Gasteiger partial charge >= 0.3 is 0 Å². The van der Waals surface area contributed by atoms with Gasteiger partial charge in [-0.3, -0.25) is 0 Å². The largest absolute Gasteiger partial charge is 0.491 e. The van der Waals surface area contributed by atoms with Crippen molar-refractivity contribution in [2.75, 3.05) is 6.61 Å². The zero-order chi connectivity index (χ0) is 17.5. The van der Waals surface area contributed by atoms with Crippen LogP contribution in [0, 0.1) is 17.6 Å². The summed E-state index contributed by atoms with van der Waals surface area (Å²) in [7, 11) is 0. The molecule has 0 N–H and O–H groups in total. The maximum atomic E-state index is 14.3. The zero-order valence-corrected chi connectivity index (χ0v) is 14.6. The summed E-state index contributed by atoms with van der Waals surface area (Å²) in [4.78, 5) is 0. The molecule has 0 bridgehead atoms. The molecule has 1 aliphatic carbocycles. The number of ether oxygens (including phenoxy) is 1. The molecule has 1 aromatic carbocycles. The first-order valence-corrected chi connectivity index (χ1v) is 9.02. The molecular weight excluding hydrogens is 313 g/mol. The first-order valence-electron chi connectivity index (χ1n) is 9.02. The summed E-state index contributed by atoms with van der Waals surface area (Å²) in [5, 5.41) is 0. The third-order valence-electron chi connectivity index (χ3n) is 4.94. The summed E-state index contributed by atoms with van der Waals surface area (Å²) >= 11 is 0. The molecule has 1 aliphatic rings. The lowest BCUT2D eigenvalue weighted by Gasteiger charge is -2.29. The molecule has 0 heterocycles. The van der Waals surface area contributed by atoms with Crippen molar-refractivity contribution in [2.45, 2.75) is 64.7 Å². The van der Waals surface area contributed by atoms with E-state index >= 15 is 0 Å². The van der Waals surface area contributed by atoms with E-state index in [1.165, 1.54) is 6.07 Å². The highest BCUT2D eigenvalue weighted by Gasteiger charge is 2.26. The van der Waals surface area contributed by atoms with Crippen LogP contribution in [-0.4, -0.2) is 6.61 Å². The summed E-state index contributed by atoms with van der Waals surface area (Å²) < 4.78 is 46.5. The van der Waals surface area contributed by atoms with Gasteiger partial charge in [0.2, 0.25) is 5.82 Å². The van der Waals surface area contributed by atoms with Crippen LogP contribution in [0.5, 0.6) is 5.75 Å². The molecule has 2 rings (SSSR count). The Hall–Kier alpha value is -1.45. The van der Waals surface area contributed by atoms with E-state index in [-0.39, 0.29) is 17.5 Å². The van der Waals surface area contributed by atoms with Gasteiger partial charge in [-0.25, -0.2) is 8.78 Å². The Morgan fingerprint density at radius 3 is 2.46 bits per heavy atom. The topological polar surface area (TPSA) is 9.23 Å². The van der Waals surface area contributed by atoms with Crippen molar-refractivity contribution in [2.24, 2.45) is 5.92 Å². The average Bonchev–Trinajstić information content (AvgIpc) is 2.60. The second-order valence-electron chi connectivity index (χ2n) is 6.51. The van der Waals surface area contributed by atoms with Crippen molar-refractivity contribution in [3.63, 3.8) is 0 Å². The van der Waals surface area contributed by atoms with E-state index in [0.717, 1.165) is 38.5 Å². The fraction of sp³-hybridized carbons (Fsp3) is 0.600. The fourth-order valence-corrected chi connectivity index (χ4v) is 3.51. The highest BCUT2D eigenvalue weighted by Crippen LogP contribution is 2.40. The molecule has 1 nitrogen and oxygen atoms in total. The molecule has 24 heavy (non-hydrogen) atoms. The van der Waals surface area contributed by atoms with Gasteiger partial charge in [-0.1, -0.05) is 19.1 Å². The second-order valence-corrected chi connectivity index (χ2v) is 6.51. The van der Waals surface area contributed by atoms with Crippen molar-refractivity contribution in [3.05, 3.63) is 41.2 Å². The smallest absolute Gasteiger partial charge is 0.200 e. The molecule has 0 aromatic heterocycles. The van der Waals surface area contributed by atoms with Crippen molar-refractivity contribution in [1.82, 2.24) is 0 Å². The SMILES string of the molecule is CCOc1ccc(C2CCC(CC/C=C(/F)CC)CC2)c(F)c1F. The molecule has 134 valence electrons. The maximum absolute atomic E-state index is 14.3. The third-order valence-corrected chi connectivity index (χ3v) is 4.94.